The summed E-state index contributed by atoms with van der Waals surface area (Å²) in [5.74, 6) is 0. The van der Waals surface area contributed by atoms with Crippen LogP contribution in [0.25, 0.3) is 0 Å². The van der Waals surface area contributed by atoms with Crippen molar-refractivity contribution in [2.75, 3.05) is 19.7 Å². The molecule has 0 radical (unpaired) electrons. The van der Waals surface area contributed by atoms with Gasteiger partial charge in [0.05, 0.1) is 6.10 Å². The van der Waals surface area contributed by atoms with E-state index >= 15 is 0 Å². The van der Waals surface area contributed by atoms with Crippen LogP contribution in [0.3, 0.4) is 0 Å². The Labute approximate surface area is 78.9 Å². The minimum atomic E-state index is 0.473. The van der Waals surface area contributed by atoms with Gasteiger partial charge in [-0.2, -0.15) is 0 Å². The van der Waals surface area contributed by atoms with Crippen LogP contribution in [0.5, 0.6) is 0 Å². The third kappa shape index (κ3) is 4.10. The minimum absolute atomic E-state index is 0.473. The van der Waals surface area contributed by atoms with Crippen LogP contribution < -0.4 is 5.32 Å². The zero-order valence-electron chi connectivity index (χ0n) is 7.31. The molecule has 3 heteroatoms. The molecule has 0 aromatic rings. The molecule has 1 aliphatic heterocycles. The van der Waals surface area contributed by atoms with Crippen molar-refractivity contribution < 1.29 is 4.74 Å². The van der Waals surface area contributed by atoms with Gasteiger partial charge in [-0.15, -0.1) is 0 Å². The molecule has 0 amide bonds. The highest BCUT2D eigenvalue weighted by atomic mass is 35.5. The Balaban J connectivity index is 1.91. The molecule has 1 N–H and O–H groups in total. The van der Waals surface area contributed by atoms with Crippen LogP contribution in [0.4, 0.5) is 0 Å². The van der Waals surface area contributed by atoms with Crippen molar-refractivity contribution >= 4 is 11.6 Å². The van der Waals surface area contributed by atoms with E-state index in [1.165, 1.54) is 12.8 Å². The maximum Gasteiger partial charge on any atom is 0.0588 e. The predicted octanol–water partition coefficient (Wildman–Crippen LogP) is 1.90. The Kier molecular flexibility index (Phi) is 4.66. The SMILES string of the molecule is C=C(Cl)CNCCC1CCCO1. The zero-order chi connectivity index (χ0) is 8.81. The van der Waals surface area contributed by atoms with E-state index < -0.39 is 0 Å². The highest BCUT2D eigenvalue weighted by molar-refractivity contribution is 6.29. The second kappa shape index (κ2) is 5.57. The summed E-state index contributed by atoms with van der Waals surface area (Å²) in [4.78, 5) is 0. The number of hydrogen-bond donors (Lipinski definition) is 1. The van der Waals surface area contributed by atoms with E-state index in [0.717, 1.165) is 19.6 Å². The Hall–Kier alpha value is -0.0500. The number of ether oxygens (including phenoxy) is 1. The van der Waals surface area contributed by atoms with Crippen LogP contribution in [0.2, 0.25) is 0 Å². The first kappa shape index (κ1) is 10.0. The number of rotatable bonds is 5. The highest BCUT2D eigenvalue weighted by Crippen LogP contribution is 2.14. The van der Waals surface area contributed by atoms with Crippen LogP contribution in [-0.4, -0.2) is 25.8 Å². The smallest absolute Gasteiger partial charge is 0.0588 e. The molecule has 1 heterocycles. The molecule has 2 nitrogen and oxygen atoms in total. The van der Waals surface area contributed by atoms with Crippen molar-refractivity contribution in [3.8, 4) is 0 Å². The summed E-state index contributed by atoms with van der Waals surface area (Å²) >= 11 is 5.58. The van der Waals surface area contributed by atoms with Crippen molar-refractivity contribution in [2.24, 2.45) is 0 Å². The number of nitrogens with one attached hydrogen (secondary N) is 1. The average Bonchev–Trinajstić information content (AvgIpc) is 2.49. The molecular weight excluding hydrogens is 174 g/mol. The van der Waals surface area contributed by atoms with Gasteiger partial charge in [-0.05, 0) is 25.8 Å². The lowest BCUT2D eigenvalue weighted by Gasteiger charge is -2.09. The first-order valence-corrected chi connectivity index (χ1v) is 4.82. The first-order chi connectivity index (χ1) is 5.79. The van der Waals surface area contributed by atoms with Gasteiger partial charge >= 0.3 is 0 Å². The van der Waals surface area contributed by atoms with Crippen molar-refractivity contribution in [2.45, 2.75) is 25.4 Å². The second-order valence-electron chi connectivity index (χ2n) is 3.12. The van der Waals surface area contributed by atoms with Crippen molar-refractivity contribution in [1.82, 2.24) is 5.32 Å². The van der Waals surface area contributed by atoms with E-state index in [1.54, 1.807) is 0 Å². The van der Waals surface area contributed by atoms with Gasteiger partial charge in [0.15, 0.2) is 0 Å². The van der Waals surface area contributed by atoms with Crippen molar-refractivity contribution in [3.05, 3.63) is 11.6 Å². The van der Waals surface area contributed by atoms with Gasteiger partial charge in [0.1, 0.15) is 0 Å². The number of halogens is 1. The Morgan fingerprint density at radius 3 is 3.08 bits per heavy atom. The fraction of sp³-hybridized carbons (Fsp3) is 0.778. The third-order valence-corrected chi connectivity index (χ3v) is 2.12. The molecular formula is C9H16ClNO. The Morgan fingerprint density at radius 2 is 2.50 bits per heavy atom. The molecule has 1 unspecified atom stereocenters. The molecule has 0 saturated carbocycles. The molecule has 0 aliphatic carbocycles. The van der Waals surface area contributed by atoms with Gasteiger partial charge in [-0.25, -0.2) is 0 Å². The molecule has 1 saturated heterocycles. The first-order valence-electron chi connectivity index (χ1n) is 4.44. The van der Waals surface area contributed by atoms with Gasteiger partial charge < -0.3 is 10.1 Å². The molecule has 70 valence electrons. The van der Waals surface area contributed by atoms with Crippen LogP contribution in [0, 0.1) is 0 Å². The van der Waals surface area contributed by atoms with Crippen LogP contribution in [0.1, 0.15) is 19.3 Å². The molecule has 1 atom stereocenters. The summed E-state index contributed by atoms with van der Waals surface area (Å²) in [6.45, 7) is 6.20. The summed E-state index contributed by atoms with van der Waals surface area (Å²) < 4.78 is 5.46. The summed E-state index contributed by atoms with van der Waals surface area (Å²) in [5.41, 5.74) is 0. The normalized spacial score (nSPS) is 22.9. The van der Waals surface area contributed by atoms with Gasteiger partial charge in [0, 0.05) is 18.2 Å². The quantitative estimate of drug-likeness (QED) is 0.668. The fourth-order valence-electron chi connectivity index (χ4n) is 1.36. The van der Waals surface area contributed by atoms with E-state index in [4.69, 9.17) is 16.3 Å². The summed E-state index contributed by atoms with van der Waals surface area (Å²) in [6.07, 6.45) is 3.99. The predicted molar refractivity (Wildman–Crippen MR) is 51.5 cm³/mol. The van der Waals surface area contributed by atoms with E-state index in [-0.39, 0.29) is 0 Å². The standard InChI is InChI=1S/C9H16ClNO/c1-8(10)7-11-5-4-9-3-2-6-12-9/h9,11H,1-7H2. The highest BCUT2D eigenvalue weighted by Gasteiger charge is 2.14. The number of hydrogen-bond acceptors (Lipinski definition) is 2. The topological polar surface area (TPSA) is 21.3 Å². The molecule has 1 aliphatic rings. The van der Waals surface area contributed by atoms with E-state index in [2.05, 4.69) is 11.9 Å². The molecule has 1 rings (SSSR count). The summed E-state index contributed by atoms with van der Waals surface area (Å²) in [5, 5.41) is 3.87. The summed E-state index contributed by atoms with van der Waals surface area (Å²) in [6, 6.07) is 0. The molecule has 0 aromatic heterocycles. The van der Waals surface area contributed by atoms with Crippen molar-refractivity contribution in [3.63, 3.8) is 0 Å². The lowest BCUT2D eigenvalue weighted by atomic mass is 10.2. The Morgan fingerprint density at radius 1 is 1.67 bits per heavy atom. The van der Waals surface area contributed by atoms with Crippen LogP contribution in [0.15, 0.2) is 11.6 Å². The molecule has 1 fully saturated rings. The lowest BCUT2D eigenvalue weighted by Crippen LogP contribution is -2.21. The van der Waals surface area contributed by atoms with Gasteiger partial charge in [0.25, 0.3) is 0 Å². The maximum absolute atomic E-state index is 5.58. The summed E-state index contributed by atoms with van der Waals surface area (Å²) in [7, 11) is 0. The van der Waals surface area contributed by atoms with E-state index in [9.17, 15) is 0 Å². The fourth-order valence-corrected chi connectivity index (χ4v) is 1.45. The second-order valence-corrected chi connectivity index (χ2v) is 3.65. The van der Waals surface area contributed by atoms with Crippen LogP contribution >= 0.6 is 11.6 Å². The van der Waals surface area contributed by atoms with E-state index in [0.29, 0.717) is 17.7 Å². The zero-order valence-corrected chi connectivity index (χ0v) is 8.07. The molecule has 12 heavy (non-hydrogen) atoms. The maximum atomic E-state index is 5.58. The average molecular weight is 190 g/mol. The van der Waals surface area contributed by atoms with Crippen molar-refractivity contribution in [1.29, 1.82) is 0 Å². The van der Waals surface area contributed by atoms with Gasteiger partial charge in [-0.3, -0.25) is 0 Å². The Bertz CT molecular complexity index is 143. The molecule has 0 spiro atoms. The monoisotopic (exact) mass is 189 g/mol. The molecule has 0 bridgehead atoms. The lowest BCUT2D eigenvalue weighted by molar-refractivity contribution is 0.104. The molecule has 0 aromatic carbocycles. The largest absolute Gasteiger partial charge is 0.378 e. The van der Waals surface area contributed by atoms with Crippen LogP contribution in [-0.2, 0) is 4.74 Å². The van der Waals surface area contributed by atoms with Gasteiger partial charge in [0.2, 0.25) is 0 Å². The van der Waals surface area contributed by atoms with E-state index in [1.807, 2.05) is 0 Å². The minimum Gasteiger partial charge on any atom is -0.378 e. The van der Waals surface area contributed by atoms with Gasteiger partial charge in [-0.1, -0.05) is 18.2 Å². The third-order valence-electron chi connectivity index (χ3n) is 1.98.